The van der Waals surface area contributed by atoms with Gasteiger partial charge in [-0.1, -0.05) is 28.1 Å². The number of urea groups is 1. The molecule has 0 aliphatic carbocycles. The van der Waals surface area contributed by atoms with E-state index in [9.17, 15) is 9.59 Å². The van der Waals surface area contributed by atoms with Crippen LogP contribution in [0.25, 0.3) is 11.3 Å². The van der Waals surface area contributed by atoms with Crippen molar-refractivity contribution in [2.75, 3.05) is 20.1 Å². The Balaban J connectivity index is 1.88. The Morgan fingerprint density at radius 3 is 2.54 bits per heavy atom. The molecule has 3 N–H and O–H groups in total. The van der Waals surface area contributed by atoms with Gasteiger partial charge in [0.25, 0.3) is 5.91 Å². The van der Waals surface area contributed by atoms with Crippen molar-refractivity contribution in [3.8, 4) is 11.3 Å². The van der Waals surface area contributed by atoms with E-state index in [1.165, 1.54) is 0 Å². The van der Waals surface area contributed by atoms with Crippen LogP contribution in [0.4, 0.5) is 4.79 Å². The molecule has 1 aromatic heterocycles. The number of nitrogens with one attached hydrogen (secondary N) is 3. The van der Waals surface area contributed by atoms with E-state index in [4.69, 9.17) is 4.42 Å². The van der Waals surface area contributed by atoms with Gasteiger partial charge >= 0.3 is 6.03 Å². The number of amides is 3. The molecule has 6 nitrogen and oxygen atoms in total. The molecule has 0 saturated heterocycles. The number of imide groups is 1. The van der Waals surface area contributed by atoms with Crippen molar-refractivity contribution < 1.29 is 18.9 Å². The zero-order chi connectivity index (χ0) is 17.5. The molecule has 3 amide bonds. The number of carbonyl (C=O) groups excluding carboxylic acids is 2. The summed E-state index contributed by atoms with van der Waals surface area (Å²) in [5.41, 5.74) is 0.996. The molecule has 1 aromatic carbocycles. The fourth-order valence-corrected chi connectivity index (χ4v) is 2.52. The summed E-state index contributed by atoms with van der Waals surface area (Å²) in [5.74, 6) is 1.26. The molecule has 0 fully saturated rings. The molecule has 1 unspecified atom stereocenters. The number of hydrogen-bond acceptors (Lipinski definition) is 3. The number of benzene rings is 1. The lowest BCUT2D eigenvalue weighted by atomic mass is 10.2. The molecule has 128 valence electrons. The molecule has 0 saturated carbocycles. The van der Waals surface area contributed by atoms with E-state index in [0.29, 0.717) is 13.1 Å². The summed E-state index contributed by atoms with van der Waals surface area (Å²) < 4.78 is 6.85. The second-order valence-corrected chi connectivity index (χ2v) is 6.41. The summed E-state index contributed by atoms with van der Waals surface area (Å²) in [7, 11) is 1.87. The third-order valence-corrected chi connectivity index (χ3v) is 3.85. The summed E-state index contributed by atoms with van der Waals surface area (Å²) >= 11 is 3.41. The molecule has 0 aliphatic heterocycles. The largest absolute Gasteiger partial charge is 0.455 e. The molecule has 2 rings (SSSR count). The number of quaternary nitrogens is 1. The van der Waals surface area contributed by atoms with Crippen LogP contribution in [-0.4, -0.2) is 32.1 Å². The standard InChI is InChI=1S/C17H20BrN3O3/c1-3-19-17(23)20-16(22)11-21(2)10-14-8-9-15(24-14)12-4-6-13(18)7-5-12/h4-9H,3,10-11H2,1-2H3,(H2,19,20,22,23)/p+1. The lowest BCUT2D eigenvalue weighted by Gasteiger charge is -2.12. The van der Waals surface area contributed by atoms with Crippen LogP contribution < -0.4 is 15.5 Å². The van der Waals surface area contributed by atoms with Crippen molar-refractivity contribution >= 4 is 27.9 Å². The second-order valence-electron chi connectivity index (χ2n) is 5.49. The van der Waals surface area contributed by atoms with Crippen molar-refractivity contribution in [3.05, 3.63) is 46.6 Å². The van der Waals surface area contributed by atoms with Crippen molar-refractivity contribution in [3.63, 3.8) is 0 Å². The Kier molecular flexibility index (Phi) is 6.57. The lowest BCUT2D eigenvalue weighted by Crippen LogP contribution is -3.09. The lowest BCUT2D eigenvalue weighted by molar-refractivity contribution is -0.886. The number of furan rings is 1. The molecule has 2 aromatic rings. The summed E-state index contributed by atoms with van der Waals surface area (Å²) in [4.78, 5) is 24.0. The van der Waals surface area contributed by atoms with Gasteiger partial charge in [0.2, 0.25) is 0 Å². The zero-order valence-electron chi connectivity index (χ0n) is 13.7. The van der Waals surface area contributed by atoms with Gasteiger partial charge < -0.3 is 14.6 Å². The maximum atomic E-state index is 11.8. The number of hydrogen-bond donors (Lipinski definition) is 3. The number of rotatable bonds is 6. The highest BCUT2D eigenvalue weighted by Gasteiger charge is 2.15. The molecular formula is C17H21BrN3O3+. The first kappa shape index (κ1) is 18.2. The fourth-order valence-electron chi connectivity index (χ4n) is 2.25. The van der Waals surface area contributed by atoms with Gasteiger partial charge in [-0.05, 0) is 31.2 Å². The van der Waals surface area contributed by atoms with Crippen molar-refractivity contribution in [1.82, 2.24) is 10.6 Å². The quantitative estimate of drug-likeness (QED) is 0.695. The highest BCUT2D eigenvalue weighted by molar-refractivity contribution is 9.10. The summed E-state index contributed by atoms with van der Waals surface area (Å²) in [6.07, 6.45) is 0. The van der Waals surface area contributed by atoms with Crippen molar-refractivity contribution in [2.24, 2.45) is 0 Å². The average molecular weight is 395 g/mol. The highest BCUT2D eigenvalue weighted by atomic mass is 79.9. The van der Waals surface area contributed by atoms with E-state index in [1.54, 1.807) is 6.92 Å². The van der Waals surface area contributed by atoms with Gasteiger partial charge in [0.05, 0.1) is 7.05 Å². The topological polar surface area (TPSA) is 75.8 Å². The SMILES string of the molecule is CCNC(=O)NC(=O)C[NH+](C)Cc1ccc(-c2ccc(Br)cc2)o1. The van der Waals surface area contributed by atoms with Gasteiger partial charge in [-0.3, -0.25) is 10.1 Å². The van der Waals surface area contributed by atoms with Gasteiger partial charge in [0.15, 0.2) is 12.3 Å². The minimum Gasteiger partial charge on any atom is -0.455 e. The van der Waals surface area contributed by atoms with Crippen LogP contribution in [0, 0.1) is 0 Å². The molecule has 7 heteroatoms. The Labute approximate surface area is 149 Å². The third kappa shape index (κ3) is 5.50. The Bertz CT molecular complexity index is 697. The predicted octanol–water partition coefficient (Wildman–Crippen LogP) is 1.57. The first-order chi connectivity index (χ1) is 11.5. The fraction of sp³-hybridized carbons (Fsp3) is 0.294. The minimum absolute atomic E-state index is 0.186. The molecule has 0 bridgehead atoms. The van der Waals surface area contributed by atoms with E-state index in [-0.39, 0.29) is 12.5 Å². The Hall–Kier alpha value is -2.12. The molecular weight excluding hydrogens is 374 g/mol. The van der Waals surface area contributed by atoms with Crippen LogP contribution >= 0.6 is 15.9 Å². The molecule has 1 heterocycles. The predicted molar refractivity (Wildman–Crippen MR) is 94.5 cm³/mol. The highest BCUT2D eigenvalue weighted by Crippen LogP contribution is 2.23. The van der Waals surface area contributed by atoms with Crippen LogP contribution in [0.1, 0.15) is 12.7 Å². The molecule has 0 radical (unpaired) electrons. The normalized spacial score (nSPS) is 11.8. The average Bonchev–Trinajstić information content (AvgIpc) is 2.96. The summed E-state index contributed by atoms with van der Waals surface area (Å²) in [6, 6.07) is 11.2. The number of carbonyl (C=O) groups is 2. The maximum Gasteiger partial charge on any atom is 0.321 e. The van der Waals surface area contributed by atoms with Crippen molar-refractivity contribution in [2.45, 2.75) is 13.5 Å². The van der Waals surface area contributed by atoms with Gasteiger partial charge in [-0.2, -0.15) is 0 Å². The minimum atomic E-state index is -0.467. The second kappa shape index (κ2) is 8.65. The van der Waals surface area contributed by atoms with Crippen LogP contribution in [0.5, 0.6) is 0 Å². The van der Waals surface area contributed by atoms with E-state index >= 15 is 0 Å². The molecule has 0 aliphatic rings. The molecule has 1 atom stereocenters. The van der Waals surface area contributed by atoms with Crippen LogP contribution in [-0.2, 0) is 11.3 Å². The van der Waals surface area contributed by atoms with E-state index < -0.39 is 6.03 Å². The monoisotopic (exact) mass is 394 g/mol. The van der Waals surface area contributed by atoms with Gasteiger partial charge in [0.1, 0.15) is 12.3 Å². The van der Waals surface area contributed by atoms with E-state index in [1.807, 2.05) is 43.4 Å². The third-order valence-electron chi connectivity index (χ3n) is 3.32. The smallest absolute Gasteiger partial charge is 0.321 e. The Morgan fingerprint density at radius 2 is 1.88 bits per heavy atom. The van der Waals surface area contributed by atoms with Gasteiger partial charge in [0, 0.05) is 16.6 Å². The summed E-state index contributed by atoms with van der Waals surface area (Å²) in [5, 5.41) is 4.81. The van der Waals surface area contributed by atoms with Gasteiger partial charge in [-0.25, -0.2) is 4.79 Å². The van der Waals surface area contributed by atoms with Crippen LogP contribution in [0.3, 0.4) is 0 Å². The van der Waals surface area contributed by atoms with Crippen molar-refractivity contribution in [1.29, 1.82) is 0 Å². The zero-order valence-corrected chi connectivity index (χ0v) is 15.3. The summed E-state index contributed by atoms with van der Waals surface area (Å²) in [6.45, 7) is 3.01. The number of likely N-dealkylation sites (N-methyl/N-ethyl adjacent to an activating group) is 1. The van der Waals surface area contributed by atoms with Crippen LogP contribution in [0.2, 0.25) is 0 Å². The van der Waals surface area contributed by atoms with Gasteiger partial charge in [-0.15, -0.1) is 0 Å². The van der Waals surface area contributed by atoms with Crippen LogP contribution in [0.15, 0.2) is 45.3 Å². The Morgan fingerprint density at radius 1 is 1.17 bits per heavy atom. The van der Waals surface area contributed by atoms with E-state index in [0.717, 1.165) is 26.5 Å². The first-order valence-electron chi connectivity index (χ1n) is 7.71. The molecule has 24 heavy (non-hydrogen) atoms. The van der Waals surface area contributed by atoms with E-state index in [2.05, 4.69) is 26.6 Å². The number of halogens is 1. The first-order valence-corrected chi connectivity index (χ1v) is 8.51. The molecule has 0 spiro atoms. The maximum absolute atomic E-state index is 11.8.